The van der Waals surface area contributed by atoms with E-state index in [1.165, 1.54) is 12.1 Å². The second kappa shape index (κ2) is 5.90. The monoisotopic (exact) mass is 273 g/mol. The Bertz CT molecular complexity index is 397. The van der Waals surface area contributed by atoms with Crippen molar-refractivity contribution in [3.63, 3.8) is 0 Å². The van der Waals surface area contributed by atoms with Crippen LogP contribution in [0, 0.1) is 0 Å². The summed E-state index contributed by atoms with van der Waals surface area (Å²) in [5.74, 6) is 0. The fourth-order valence-corrected chi connectivity index (χ4v) is 2.20. The van der Waals surface area contributed by atoms with Crippen molar-refractivity contribution in [3.8, 4) is 0 Å². The number of hydrogen-bond acceptors (Lipinski definition) is 3. The fraction of sp³-hybridized carbons (Fsp3) is 0.538. The van der Waals surface area contributed by atoms with Gasteiger partial charge in [-0.05, 0) is 17.7 Å². The van der Waals surface area contributed by atoms with Gasteiger partial charge >= 0.3 is 6.18 Å². The maximum atomic E-state index is 12.4. The number of hydrogen-bond donors (Lipinski definition) is 2. The lowest BCUT2D eigenvalue weighted by atomic mass is 10.0. The predicted octanol–water partition coefficient (Wildman–Crippen LogP) is 1.61. The van der Waals surface area contributed by atoms with E-state index in [4.69, 9.17) is 5.73 Å². The molecule has 1 unspecified atom stereocenters. The molecular weight excluding hydrogens is 255 g/mol. The summed E-state index contributed by atoms with van der Waals surface area (Å²) in [5.41, 5.74) is 6.15. The van der Waals surface area contributed by atoms with E-state index in [9.17, 15) is 13.2 Å². The molecule has 1 fully saturated rings. The van der Waals surface area contributed by atoms with Gasteiger partial charge in [0.2, 0.25) is 0 Å². The van der Waals surface area contributed by atoms with Crippen LogP contribution in [0.2, 0.25) is 0 Å². The van der Waals surface area contributed by atoms with Crippen molar-refractivity contribution in [2.45, 2.75) is 12.2 Å². The zero-order valence-corrected chi connectivity index (χ0v) is 10.6. The summed E-state index contributed by atoms with van der Waals surface area (Å²) >= 11 is 0. The molecule has 106 valence electrons. The molecule has 0 spiro atoms. The van der Waals surface area contributed by atoms with E-state index < -0.39 is 11.7 Å². The van der Waals surface area contributed by atoms with Gasteiger partial charge in [-0.15, -0.1) is 0 Å². The Morgan fingerprint density at radius 1 is 1.16 bits per heavy atom. The third-order valence-electron chi connectivity index (χ3n) is 3.33. The highest BCUT2D eigenvalue weighted by Crippen LogP contribution is 2.29. The number of halogens is 3. The number of nitrogens with two attached hydrogens (primary N) is 1. The fourth-order valence-electron chi connectivity index (χ4n) is 2.20. The number of benzene rings is 1. The molecule has 1 heterocycles. The van der Waals surface area contributed by atoms with Crippen LogP contribution in [-0.2, 0) is 6.18 Å². The van der Waals surface area contributed by atoms with Gasteiger partial charge < -0.3 is 11.1 Å². The molecule has 1 atom stereocenters. The number of rotatable bonds is 3. The molecule has 19 heavy (non-hydrogen) atoms. The third-order valence-corrected chi connectivity index (χ3v) is 3.33. The summed E-state index contributed by atoms with van der Waals surface area (Å²) in [6.07, 6.45) is -4.29. The van der Waals surface area contributed by atoms with Gasteiger partial charge in [-0.3, -0.25) is 4.90 Å². The van der Waals surface area contributed by atoms with Crippen LogP contribution in [0.15, 0.2) is 24.3 Å². The number of piperazine rings is 1. The molecule has 1 aromatic carbocycles. The minimum Gasteiger partial charge on any atom is -0.323 e. The molecule has 0 aliphatic carbocycles. The van der Waals surface area contributed by atoms with Gasteiger partial charge in [-0.25, -0.2) is 0 Å². The van der Waals surface area contributed by atoms with Gasteiger partial charge in [0.05, 0.1) is 5.56 Å². The average Bonchev–Trinajstić information content (AvgIpc) is 2.39. The lowest BCUT2D eigenvalue weighted by Gasteiger charge is -2.29. The first-order valence-electron chi connectivity index (χ1n) is 6.32. The van der Waals surface area contributed by atoms with Crippen LogP contribution in [0.4, 0.5) is 13.2 Å². The molecule has 0 saturated carbocycles. The largest absolute Gasteiger partial charge is 0.416 e. The molecule has 0 radical (unpaired) electrons. The normalized spacial score (nSPS) is 19.4. The third kappa shape index (κ3) is 3.92. The lowest BCUT2D eigenvalue weighted by Crippen LogP contribution is -2.45. The van der Waals surface area contributed by atoms with Crippen molar-refractivity contribution >= 4 is 0 Å². The smallest absolute Gasteiger partial charge is 0.323 e. The molecule has 0 aromatic heterocycles. The minimum atomic E-state index is -4.29. The molecule has 0 amide bonds. The molecule has 1 saturated heterocycles. The Kier molecular flexibility index (Phi) is 4.44. The van der Waals surface area contributed by atoms with Gasteiger partial charge in [0.15, 0.2) is 0 Å². The highest BCUT2D eigenvalue weighted by molar-refractivity contribution is 5.26. The maximum absolute atomic E-state index is 12.4. The first kappa shape index (κ1) is 14.3. The Labute approximate surface area is 110 Å². The van der Waals surface area contributed by atoms with Crippen molar-refractivity contribution < 1.29 is 13.2 Å². The Morgan fingerprint density at radius 2 is 1.74 bits per heavy atom. The van der Waals surface area contributed by atoms with Crippen molar-refractivity contribution in [3.05, 3.63) is 35.4 Å². The van der Waals surface area contributed by atoms with E-state index in [0.29, 0.717) is 6.54 Å². The quantitative estimate of drug-likeness (QED) is 0.879. The van der Waals surface area contributed by atoms with Gasteiger partial charge in [-0.1, -0.05) is 12.1 Å². The van der Waals surface area contributed by atoms with Crippen LogP contribution in [0.25, 0.3) is 0 Å². The van der Waals surface area contributed by atoms with Crippen LogP contribution in [0.3, 0.4) is 0 Å². The summed E-state index contributed by atoms with van der Waals surface area (Å²) < 4.78 is 37.3. The van der Waals surface area contributed by atoms with Gasteiger partial charge in [0.1, 0.15) is 0 Å². The standard InChI is InChI=1S/C13H18F3N3/c14-13(15,16)11-3-1-10(2-4-11)12(17)9-19-7-5-18-6-8-19/h1-4,12,18H,5-9,17H2. The SMILES string of the molecule is NC(CN1CCNCC1)c1ccc(C(F)(F)F)cc1. The summed E-state index contributed by atoms with van der Waals surface area (Å²) in [6.45, 7) is 4.38. The molecule has 6 heteroatoms. The van der Waals surface area contributed by atoms with Crippen LogP contribution in [-0.4, -0.2) is 37.6 Å². The molecule has 3 N–H and O–H groups in total. The van der Waals surface area contributed by atoms with Gasteiger partial charge in [0.25, 0.3) is 0 Å². The maximum Gasteiger partial charge on any atom is 0.416 e. The van der Waals surface area contributed by atoms with Crippen molar-refractivity contribution in [2.75, 3.05) is 32.7 Å². The minimum absolute atomic E-state index is 0.250. The topological polar surface area (TPSA) is 41.3 Å². The zero-order chi connectivity index (χ0) is 13.9. The number of nitrogens with one attached hydrogen (secondary N) is 1. The van der Waals surface area contributed by atoms with E-state index in [0.717, 1.165) is 43.9 Å². The van der Waals surface area contributed by atoms with Crippen LogP contribution >= 0.6 is 0 Å². The summed E-state index contributed by atoms with van der Waals surface area (Å²) in [5, 5.41) is 3.24. The van der Waals surface area contributed by atoms with Gasteiger partial charge in [-0.2, -0.15) is 13.2 Å². The summed E-state index contributed by atoms with van der Waals surface area (Å²) in [7, 11) is 0. The second-order valence-corrected chi connectivity index (χ2v) is 4.78. The highest BCUT2D eigenvalue weighted by atomic mass is 19.4. The second-order valence-electron chi connectivity index (χ2n) is 4.78. The summed E-state index contributed by atoms with van der Waals surface area (Å²) in [6, 6.07) is 4.87. The van der Waals surface area contributed by atoms with Crippen molar-refractivity contribution in [2.24, 2.45) is 5.73 Å². The first-order chi connectivity index (χ1) is 8.97. The lowest BCUT2D eigenvalue weighted by molar-refractivity contribution is -0.137. The van der Waals surface area contributed by atoms with E-state index in [-0.39, 0.29) is 6.04 Å². The van der Waals surface area contributed by atoms with Crippen LogP contribution < -0.4 is 11.1 Å². The van der Waals surface area contributed by atoms with E-state index in [1.807, 2.05) is 0 Å². The Balaban J connectivity index is 1.97. The van der Waals surface area contributed by atoms with Gasteiger partial charge in [0, 0.05) is 38.8 Å². The van der Waals surface area contributed by atoms with E-state index in [2.05, 4.69) is 10.2 Å². The molecule has 1 aliphatic rings. The molecule has 0 bridgehead atoms. The molecule has 1 aromatic rings. The average molecular weight is 273 g/mol. The first-order valence-corrected chi connectivity index (χ1v) is 6.32. The van der Waals surface area contributed by atoms with E-state index in [1.54, 1.807) is 0 Å². The molecular formula is C13H18F3N3. The Hall–Kier alpha value is -1.11. The number of nitrogens with zero attached hydrogens (tertiary/aromatic N) is 1. The van der Waals surface area contributed by atoms with Crippen molar-refractivity contribution in [1.82, 2.24) is 10.2 Å². The van der Waals surface area contributed by atoms with Crippen LogP contribution in [0.5, 0.6) is 0 Å². The molecule has 3 nitrogen and oxygen atoms in total. The van der Waals surface area contributed by atoms with Crippen molar-refractivity contribution in [1.29, 1.82) is 0 Å². The van der Waals surface area contributed by atoms with E-state index >= 15 is 0 Å². The number of alkyl halides is 3. The Morgan fingerprint density at radius 3 is 2.26 bits per heavy atom. The van der Waals surface area contributed by atoms with Crippen LogP contribution in [0.1, 0.15) is 17.2 Å². The molecule has 2 rings (SSSR count). The highest BCUT2D eigenvalue weighted by Gasteiger charge is 2.30. The predicted molar refractivity (Wildman–Crippen MR) is 67.7 cm³/mol. The zero-order valence-electron chi connectivity index (χ0n) is 10.6. The molecule has 1 aliphatic heterocycles. The summed E-state index contributed by atoms with van der Waals surface area (Å²) in [4.78, 5) is 2.22.